The Labute approximate surface area is 168 Å². The largest absolute Gasteiger partial charge is 0.352 e. The predicted molar refractivity (Wildman–Crippen MR) is 115 cm³/mol. The molecule has 0 fully saturated rings. The lowest BCUT2D eigenvalue weighted by molar-refractivity contribution is 0.0951. The molecule has 4 aromatic rings. The van der Waals surface area contributed by atoms with Crippen molar-refractivity contribution in [2.24, 2.45) is 0 Å². The van der Waals surface area contributed by atoms with Gasteiger partial charge in [-0.3, -0.25) is 9.59 Å². The van der Waals surface area contributed by atoms with E-state index in [1.165, 1.54) is 10.9 Å². The first kappa shape index (κ1) is 18.9. The highest BCUT2D eigenvalue weighted by atomic mass is 16.2. The molecule has 148 valence electrons. The second-order valence-corrected chi connectivity index (χ2v) is 7.16. The maximum atomic E-state index is 12.8. The molecule has 1 aromatic carbocycles. The Balaban J connectivity index is 1.47. The van der Waals surface area contributed by atoms with E-state index in [0.717, 1.165) is 18.7 Å². The Morgan fingerprint density at radius 3 is 2.76 bits per heavy atom. The van der Waals surface area contributed by atoms with Crippen molar-refractivity contribution in [3.05, 3.63) is 76.3 Å². The van der Waals surface area contributed by atoms with E-state index in [0.29, 0.717) is 24.1 Å². The van der Waals surface area contributed by atoms with E-state index in [2.05, 4.69) is 39.3 Å². The Hall–Kier alpha value is -3.41. The predicted octanol–water partition coefficient (Wildman–Crippen LogP) is 3.50. The van der Waals surface area contributed by atoms with Crippen LogP contribution in [0.5, 0.6) is 0 Å². The second kappa shape index (κ2) is 7.91. The highest BCUT2D eigenvalue weighted by molar-refractivity contribution is 5.96. The summed E-state index contributed by atoms with van der Waals surface area (Å²) in [4.78, 5) is 29.9. The zero-order valence-electron chi connectivity index (χ0n) is 16.7. The molecule has 4 rings (SSSR count). The van der Waals surface area contributed by atoms with Gasteiger partial charge in [0.1, 0.15) is 11.2 Å². The third kappa shape index (κ3) is 3.66. The van der Waals surface area contributed by atoms with Crippen molar-refractivity contribution in [2.75, 3.05) is 6.54 Å². The average molecular weight is 388 g/mol. The maximum Gasteiger partial charge on any atom is 0.256 e. The number of amides is 1. The molecule has 1 N–H and O–H groups in total. The van der Waals surface area contributed by atoms with Gasteiger partial charge < -0.3 is 14.5 Å². The molecule has 0 saturated carbocycles. The van der Waals surface area contributed by atoms with E-state index in [4.69, 9.17) is 0 Å². The minimum Gasteiger partial charge on any atom is -0.352 e. The molecule has 0 aliphatic rings. The first-order chi connectivity index (χ1) is 14.1. The van der Waals surface area contributed by atoms with Crippen LogP contribution < -0.4 is 10.7 Å². The summed E-state index contributed by atoms with van der Waals surface area (Å²) in [5, 5.41) is 4.57. The fourth-order valence-corrected chi connectivity index (χ4v) is 3.64. The zero-order chi connectivity index (χ0) is 20.4. The Bertz CT molecular complexity index is 1250. The Morgan fingerprint density at radius 1 is 1.10 bits per heavy atom. The van der Waals surface area contributed by atoms with Crippen molar-refractivity contribution in [3.63, 3.8) is 0 Å². The van der Waals surface area contributed by atoms with E-state index in [1.807, 2.05) is 30.5 Å². The molecule has 1 amide bonds. The summed E-state index contributed by atoms with van der Waals surface area (Å²) in [7, 11) is 0. The molecule has 0 atom stereocenters. The molecule has 0 aliphatic heterocycles. The first-order valence-corrected chi connectivity index (χ1v) is 9.91. The first-order valence-electron chi connectivity index (χ1n) is 9.91. The van der Waals surface area contributed by atoms with Gasteiger partial charge in [0.2, 0.25) is 5.43 Å². The van der Waals surface area contributed by atoms with Gasteiger partial charge >= 0.3 is 0 Å². The molecular formula is C23H24N4O2. The minimum atomic E-state index is -0.336. The summed E-state index contributed by atoms with van der Waals surface area (Å²) in [6.45, 7) is 5.79. The third-order valence-corrected chi connectivity index (χ3v) is 5.19. The van der Waals surface area contributed by atoms with Gasteiger partial charge in [-0.05, 0) is 49.9 Å². The van der Waals surface area contributed by atoms with Gasteiger partial charge in [0.05, 0.1) is 5.39 Å². The minimum absolute atomic E-state index is 0.163. The number of nitrogens with one attached hydrogen (secondary N) is 1. The van der Waals surface area contributed by atoms with Crippen LogP contribution in [0.4, 0.5) is 0 Å². The molecule has 0 bridgehead atoms. The van der Waals surface area contributed by atoms with Crippen LogP contribution in [0.3, 0.4) is 0 Å². The lowest BCUT2D eigenvalue weighted by Crippen LogP contribution is -2.31. The molecule has 6 heteroatoms. The van der Waals surface area contributed by atoms with Gasteiger partial charge in [-0.1, -0.05) is 18.2 Å². The molecular weight excluding hydrogens is 364 g/mol. The number of aromatic nitrogens is 3. The number of para-hydroxylation sites is 1. The van der Waals surface area contributed by atoms with E-state index in [-0.39, 0.29) is 16.9 Å². The van der Waals surface area contributed by atoms with Crippen LogP contribution in [0.25, 0.3) is 21.9 Å². The van der Waals surface area contributed by atoms with E-state index in [9.17, 15) is 9.59 Å². The summed E-state index contributed by atoms with van der Waals surface area (Å²) in [5.41, 5.74) is 2.53. The van der Waals surface area contributed by atoms with E-state index < -0.39 is 0 Å². The zero-order valence-corrected chi connectivity index (χ0v) is 16.7. The van der Waals surface area contributed by atoms with Gasteiger partial charge in [0.25, 0.3) is 5.91 Å². The van der Waals surface area contributed by atoms with Crippen LogP contribution in [0.1, 0.15) is 29.4 Å². The number of carbonyl (C=O) groups is 1. The molecule has 0 radical (unpaired) electrons. The summed E-state index contributed by atoms with van der Waals surface area (Å²) in [6.07, 6.45) is 4.46. The summed E-state index contributed by atoms with van der Waals surface area (Å²) >= 11 is 0. The third-order valence-electron chi connectivity index (χ3n) is 5.19. The van der Waals surface area contributed by atoms with Crippen LogP contribution in [0, 0.1) is 6.92 Å². The van der Waals surface area contributed by atoms with Crippen molar-refractivity contribution in [1.82, 2.24) is 19.4 Å². The molecule has 3 heterocycles. The van der Waals surface area contributed by atoms with Gasteiger partial charge in [-0.15, -0.1) is 0 Å². The van der Waals surface area contributed by atoms with Crippen LogP contribution in [0.15, 0.2) is 59.7 Å². The highest BCUT2D eigenvalue weighted by Crippen LogP contribution is 2.15. The fraction of sp³-hybridized carbons (Fsp3) is 0.261. The normalized spacial score (nSPS) is 11.2. The number of hydrogen-bond acceptors (Lipinski definition) is 3. The monoisotopic (exact) mass is 388 g/mol. The number of carbonyl (C=O) groups excluding carboxylic acids is 1. The quantitative estimate of drug-likeness (QED) is 0.514. The standard InChI is InChI=1S/C23H24N4O2/c1-3-26-15-19(21(28)18-10-9-16(2)25-22(18)26)23(29)24-12-6-13-27-14-11-17-7-4-5-8-20(17)27/h4-5,7-11,14-15H,3,6,12-13H2,1-2H3,(H,24,29). The highest BCUT2D eigenvalue weighted by Gasteiger charge is 2.15. The van der Waals surface area contributed by atoms with Gasteiger partial charge in [0, 0.05) is 43.2 Å². The smallest absolute Gasteiger partial charge is 0.256 e. The number of pyridine rings is 2. The van der Waals surface area contributed by atoms with Crippen molar-refractivity contribution < 1.29 is 4.79 Å². The number of benzene rings is 1. The number of fused-ring (bicyclic) bond motifs is 2. The van der Waals surface area contributed by atoms with Crippen molar-refractivity contribution in [3.8, 4) is 0 Å². The topological polar surface area (TPSA) is 68.9 Å². The molecule has 29 heavy (non-hydrogen) atoms. The van der Waals surface area contributed by atoms with Gasteiger partial charge in [-0.2, -0.15) is 0 Å². The lowest BCUT2D eigenvalue weighted by Gasteiger charge is -2.12. The van der Waals surface area contributed by atoms with Crippen molar-refractivity contribution in [1.29, 1.82) is 0 Å². The maximum absolute atomic E-state index is 12.8. The number of nitrogens with zero attached hydrogens (tertiary/aromatic N) is 3. The molecule has 0 unspecified atom stereocenters. The van der Waals surface area contributed by atoms with E-state index >= 15 is 0 Å². The molecule has 0 spiro atoms. The second-order valence-electron chi connectivity index (χ2n) is 7.16. The summed E-state index contributed by atoms with van der Waals surface area (Å²) in [6, 6.07) is 13.9. The summed E-state index contributed by atoms with van der Waals surface area (Å²) < 4.78 is 4.03. The fourth-order valence-electron chi connectivity index (χ4n) is 3.64. The van der Waals surface area contributed by atoms with Crippen LogP contribution >= 0.6 is 0 Å². The number of rotatable bonds is 6. The Kier molecular flexibility index (Phi) is 5.16. The molecule has 3 aromatic heterocycles. The summed E-state index contributed by atoms with van der Waals surface area (Å²) in [5.74, 6) is -0.336. The molecule has 0 aliphatic carbocycles. The molecule has 0 saturated heterocycles. The van der Waals surface area contributed by atoms with Gasteiger partial charge in [-0.25, -0.2) is 4.98 Å². The average Bonchev–Trinajstić information content (AvgIpc) is 3.14. The van der Waals surface area contributed by atoms with Crippen LogP contribution in [-0.4, -0.2) is 26.6 Å². The Morgan fingerprint density at radius 2 is 1.93 bits per heavy atom. The number of aryl methyl sites for hydroxylation is 3. The van der Waals surface area contributed by atoms with E-state index in [1.54, 1.807) is 18.3 Å². The number of hydrogen-bond donors (Lipinski definition) is 1. The molecule has 6 nitrogen and oxygen atoms in total. The van der Waals surface area contributed by atoms with Gasteiger partial charge in [0.15, 0.2) is 0 Å². The van der Waals surface area contributed by atoms with Crippen LogP contribution in [0.2, 0.25) is 0 Å². The van der Waals surface area contributed by atoms with Crippen molar-refractivity contribution >= 4 is 27.8 Å². The van der Waals surface area contributed by atoms with Crippen molar-refractivity contribution in [2.45, 2.75) is 33.4 Å². The SMILES string of the molecule is CCn1cc(C(=O)NCCCn2ccc3ccccc32)c(=O)c2ccc(C)nc21. The lowest BCUT2D eigenvalue weighted by atomic mass is 10.1. The van der Waals surface area contributed by atoms with Crippen LogP contribution in [-0.2, 0) is 13.1 Å².